The van der Waals surface area contributed by atoms with Crippen LogP contribution in [-0.2, 0) is 12.7 Å². The Labute approximate surface area is 154 Å². The van der Waals surface area contributed by atoms with Gasteiger partial charge in [-0.3, -0.25) is 4.79 Å². The molecule has 6 nitrogen and oxygen atoms in total. The Morgan fingerprint density at radius 1 is 1.26 bits per heavy atom. The molecule has 27 heavy (non-hydrogen) atoms. The van der Waals surface area contributed by atoms with Gasteiger partial charge in [0.25, 0.3) is 5.56 Å². The Morgan fingerprint density at radius 2 is 1.96 bits per heavy atom. The minimum atomic E-state index is -4.54. The summed E-state index contributed by atoms with van der Waals surface area (Å²) < 4.78 is 39.8. The minimum Gasteiger partial charge on any atom is -0.338 e. The van der Waals surface area contributed by atoms with Crippen LogP contribution in [0.4, 0.5) is 18.0 Å². The number of alkyl halides is 3. The average molecular weight is 382 g/mol. The van der Waals surface area contributed by atoms with E-state index in [-0.39, 0.29) is 28.4 Å². The van der Waals surface area contributed by atoms with Gasteiger partial charge in [0.15, 0.2) is 0 Å². The second kappa shape index (κ2) is 7.58. The maximum Gasteiger partial charge on any atom is 0.433 e. The van der Waals surface area contributed by atoms with Crippen molar-refractivity contribution in [2.24, 2.45) is 5.92 Å². The van der Waals surface area contributed by atoms with E-state index in [1.54, 1.807) is 4.90 Å². The molecule has 3 rings (SSSR count). The van der Waals surface area contributed by atoms with E-state index in [0.29, 0.717) is 26.2 Å². The molecule has 1 aliphatic rings. The Kier molecular flexibility index (Phi) is 5.38. The van der Waals surface area contributed by atoms with Crippen LogP contribution < -0.4 is 10.9 Å². The van der Waals surface area contributed by atoms with Gasteiger partial charge in [-0.1, -0.05) is 0 Å². The quantitative estimate of drug-likeness (QED) is 0.888. The van der Waals surface area contributed by atoms with Crippen LogP contribution >= 0.6 is 0 Å². The van der Waals surface area contributed by atoms with Crippen molar-refractivity contribution in [1.82, 2.24) is 19.8 Å². The van der Waals surface area contributed by atoms with Crippen molar-refractivity contribution >= 4 is 16.9 Å². The predicted molar refractivity (Wildman–Crippen MR) is 94.4 cm³/mol. The third-order valence-electron chi connectivity index (χ3n) is 4.80. The van der Waals surface area contributed by atoms with E-state index in [2.05, 4.69) is 10.3 Å². The lowest BCUT2D eigenvalue weighted by molar-refractivity contribution is -0.140. The molecule has 1 fully saturated rings. The summed E-state index contributed by atoms with van der Waals surface area (Å²) in [4.78, 5) is 29.7. The number of amides is 2. The zero-order chi connectivity index (χ0) is 19.6. The third kappa shape index (κ3) is 4.23. The zero-order valence-corrected chi connectivity index (χ0v) is 14.9. The van der Waals surface area contributed by atoms with Gasteiger partial charge in [0.05, 0.1) is 10.9 Å². The number of rotatable bonds is 3. The van der Waals surface area contributed by atoms with E-state index < -0.39 is 11.9 Å². The van der Waals surface area contributed by atoms with Crippen LogP contribution in [0.3, 0.4) is 0 Å². The van der Waals surface area contributed by atoms with Crippen molar-refractivity contribution in [2.75, 3.05) is 19.6 Å². The van der Waals surface area contributed by atoms with Crippen molar-refractivity contribution in [1.29, 1.82) is 0 Å². The maximum atomic E-state index is 12.8. The van der Waals surface area contributed by atoms with Gasteiger partial charge in [0.1, 0.15) is 5.69 Å². The fraction of sp³-hybridized carbons (Fsp3) is 0.500. The number of hydrogen-bond acceptors (Lipinski definition) is 3. The highest BCUT2D eigenvalue weighted by Crippen LogP contribution is 2.28. The maximum absolute atomic E-state index is 12.8. The number of urea groups is 1. The van der Waals surface area contributed by atoms with Crippen molar-refractivity contribution in [3.05, 3.63) is 40.4 Å². The molecule has 0 unspecified atom stereocenters. The molecule has 2 aromatic heterocycles. The molecule has 2 amide bonds. The highest BCUT2D eigenvalue weighted by Gasteiger charge is 2.32. The van der Waals surface area contributed by atoms with E-state index in [9.17, 15) is 22.8 Å². The van der Waals surface area contributed by atoms with Crippen molar-refractivity contribution < 1.29 is 18.0 Å². The van der Waals surface area contributed by atoms with E-state index in [1.807, 2.05) is 6.92 Å². The van der Waals surface area contributed by atoms with Gasteiger partial charge in [0, 0.05) is 32.4 Å². The lowest BCUT2D eigenvalue weighted by atomic mass is 9.97. The summed E-state index contributed by atoms with van der Waals surface area (Å²) in [5, 5.41) is 2.94. The molecule has 1 saturated heterocycles. The van der Waals surface area contributed by atoms with Crippen LogP contribution in [0.5, 0.6) is 0 Å². The van der Waals surface area contributed by atoms with Gasteiger partial charge < -0.3 is 14.8 Å². The van der Waals surface area contributed by atoms with Gasteiger partial charge in [-0.05, 0) is 43.9 Å². The molecule has 2 aromatic rings. The van der Waals surface area contributed by atoms with E-state index in [1.165, 1.54) is 22.9 Å². The molecule has 9 heteroatoms. The van der Waals surface area contributed by atoms with Crippen LogP contribution in [0.1, 0.15) is 25.5 Å². The number of likely N-dealkylation sites (tertiary alicyclic amines) is 1. The first-order valence-corrected chi connectivity index (χ1v) is 8.89. The number of fused-ring (bicyclic) bond motifs is 1. The normalized spacial score (nSPS) is 15.9. The second-order valence-corrected chi connectivity index (χ2v) is 6.67. The molecule has 0 radical (unpaired) electrons. The summed E-state index contributed by atoms with van der Waals surface area (Å²) in [6.07, 6.45) is -1.51. The van der Waals surface area contributed by atoms with Crippen LogP contribution in [0.25, 0.3) is 10.9 Å². The number of carbonyl (C=O) groups excluding carboxylic acids is 1. The number of nitrogens with one attached hydrogen (secondary N) is 1. The first-order valence-electron chi connectivity index (χ1n) is 8.89. The van der Waals surface area contributed by atoms with Gasteiger partial charge in [-0.15, -0.1) is 0 Å². The van der Waals surface area contributed by atoms with Crippen LogP contribution in [-0.4, -0.2) is 40.1 Å². The number of carbonyl (C=O) groups is 1. The fourth-order valence-corrected chi connectivity index (χ4v) is 3.33. The SMILES string of the molecule is CCNC(=O)N1CCC(Cn2ccc3nc(C(F)(F)F)ccc3c2=O)CC1. The molecule has 0 bridgehead atoms. The molecule has 0 aliphatic carbocycles. The minimum absolute atomic E-state index is 0.0390. The van der Waals surface area contributed by atoms with Gasteiger partial charge in [0.2, 0.25) is 0 Å². The number of hydrogen-bond donors (Lipinski definition) is 1. The highest BCUT2D eigenvalue weighted by molar-refractivity contribution is 5.77. The molecule has 0 spiro atoms. The molecular formula is C18H21F3N4O2. The summed E-state index contributed by atoms with van der Waals surface area (Å²) in [5.41, 5.74) is -1.32. The molecule has 0 atom stereocenters. The Hall–Kier alpha value is -2.58. The Bertz CT molecular complexity index is 886. The predicted octanol–water partition coefficient (Wildman–Crippen LogP) is 2.86. The number of pyridine rings is 2. The molecule has 1 aliphatic heterocycles. The molecule has 1 N–H and O–H groups in total. The number of nitrogens with zero attached hydrogens (tertiary/aromatic N) is 3. The topological polar surface area (TPSA) is 67.2 Å². The van der Waals surface area contributed by atoms with Gasteiger partial charge >= 0.3 is 12.2 Å². The monoisotopic (exact) mass is 382 g/mol. The molecule has 0 saturated carbocycles. The fourth-order valence-electron chi connectivity index (χ4n) is 3.33. The number of halogens is 3. The van der Waals surface area contributed by atoms with E-state index in [0.717, 1.165) is 18.9 Å². The number of aromatic nitrogens is 2. The lowest BCUT2D eigenvalue weighted by Crippen LogP contribution is -2.45. The summed E-state index contributed by atoms with van der Waals surface area (Å²) >= 11 is 0. The molecular weight excluding hydrogens is 361 g/mol. The first kappa shape index (κ1) is 19.2. The largest absolute Gasteiger partial charge is 0.433 e. The van der Waals surface area contributed by atoms with Crippen LogP contribution in [0.2, 0.25) is 0 Å². The van der Waals surface area contributed by atoms with Crippen LogP contribution in [0, 0.1) is 5.92 Å². The first-order chi connectivity index (χ1) is 12.8. The van der Waals surface area contributed by atoms with Crippen molar-refractivity contribution in [3.8, 4) is 0 Å². The summed E-state index contributed by atoms with van der Waals surface area (Å²) in [6.45, 7) is 4.16. The second-order valence-electron chi connectivity index (χ2n) is 6.67. The third-order valence-corrected chi connectivity index (χ3v) is 4.80. The molecule has 0 aromatic carbocycles. The zero-order valence-electron chi connectivity index (χ0n) is 14.9. The summed E-state index contributed by atoms with van der Waals surface area (Å²) in [7, 11) is 0. The Balaban J connectivity index is 1.72. The van der Waals surface area contributed by atoms with Crippen LogP contribution in [0.15, 0.2) is 29.2 Å². The van der Waals surface area contributed by atoms with E-state index in [4.69, 9.17) is 0 Å². The molecule has 146 valence electrons. The molecule has 3 heterocycles. The van der Waals surface area contributed by atoms with E-state index >= 15 is 0 Å². The van der Waals surface area contributed by atoms with Crippen molar-refractivity contribution in [3.63, 3.8) is 0 Å². The Morgan fingerprint density at radius 3 is 2.59 bits per heavy atom. The standard InChI is InChI=1S/C18H21F3N4O2/c1-2-22-17(27)24-8-5-12(6-9-24)11-25-10-7-14-13(16(25)26)3-4-15(23-14)18(19,20)21/h3-4,7,10,12H,2,5-6,8-9,11H2,1H3,(H,22,27). The lowest BCUT2D eigenvalue weighted by Gasteiger charge is -2.32. The smallest absolute Gasteiger partial charge is 0.338 e. The highest BCUT2D eigenvalue weighted by atomic mass is 19.4. The van der Waals surface area contributed by atoms with Gasteiger partial charge in [-0.2, -0.15) is 13.2 Å². The number of piperidine rings is 1. The summed E-state index contributed by atoms with van der Waals surface area (Å²) in [6, 6.07) is 3.38. The van der Waals surface area contributed by atoms with Crippen molar-refractivity contribution in [2.45, 2.75) is 32.5 Å². The summed E-state index contributed by atoms with van der Waals surface area (Å²) in [5.74, 6) is 0.230. The average Bonchev–Trinajstić information content (AvgIpc) is 2.64. The van der Waals surface area contributed by atoms with Gasteiger partial charge in [-0.25, -0.2) is 9.78 Å².